The second-order valence-corrected chi connectivity index (χ2v) is 4.46. The third-order valence-corrected chi connectivity index (χ3v) is 2.85. The van der Waals surface area contributed by atoms with Crippen molar-refractivity contribution in [3.8, 4) is 0 Å². The van der Waals surface area contributed by atoms with Crippen molar-refractivity contribution in [3.63, 3.8) is 0 Å². The van der Waals surface area contributed by atoms with Gasteiger partial charge in [0.05, 0.1) is 6.42 Å². The van der Waals surface area contributed by atoms with Crippen LogP contribution in [0, 0.1) is 0 Å². The van der Waals surface area contributed by atoms with Gasteiger partial charge in [-0.3, -0.25) is 9.59 Å². The van der Waals surface area contributed by atoms with Crippen molar-refractivity contribution >= 4 is 23.7 Å². The van der Waals surface area contributed by atoms with E-state index < -0.39 is 18.0 Å². The lowest BCUT2D eigenvalue weighted by Crippen LogP contribution is -2.30. The lowest BCUT2D eigenvalue weighted by molar-refractivity contribution is -0.139. The Balaban J connectivity index is 3.15. The number of hydrogen-bond donors (Lipinski definition) is 4. The largest absolute Gasteiger partial charge is 0.481 e. The molecule has 5 N–H and O–H groups in total. The summed E-state index contributed by atoms with van der Waals surface area (Å²) in [5.41, 5.74) is 5.32. The van der Waals surface area contributed by atoms with Gasteiger partial charge in [-0.1, -0.05) is 0 Å². The Morgan fingerprint density at radius 1 is 1.25 bits per heavy atom. The fourth-order valence-electron chi connectivity index (χ4n) is 0.900. The van der Waals surface area contributed by atoms with Crippen LogP contribution in [0.3, 0.4) is 0 Å². The molecule has 0 aliphatic carbocycles. The highest BCUT2D eigenvalue weighted by Gasteiger charge is 2.09. The van der Waals surface area contributed by atoms with Crippen LogP contribution in [0.4, 0.5) is 0 Å². The summed E-state index contributed by atoms with van der Waals surface area (Å²) >= 11 is 1.60. The summed E-state index contributed by atoms with van der Waals surface area (Å²) in [5, 5.41) is 19.8. The maximum atomic E-state index is 10.4. The number of carbonyl (C=O) groups is 2. The number of carboxylic acids is 2. The van der Waals surface area contributed by atoms with Crippen LogP contribution in [0.25, 0.3) is 0 Å². The molecule has 0 bridgehead atoms. The van der Waals surface area contributed by atoms with Gasteiger partial charge in [0.25, 0.3) is 0 Å². The fraction of sp³-hybridized carbons (Fsp3) is 0.778. The molecule has 0 saturated heterocycles. The summed E-state index contributed by atoms with van der Waals surface area (Å²) in [5.74, 6) is -0.257. The Morgan fingerprint density at radius 3 is 2.50 bits per heavy atom. The van der Waals surface area contributed by atoms with E-state index >= 15 is 0 Å². The van der Waals surface area contributed by atoms with Crippen molar-refractivity contribution < 1.29 is 19.8 Å². The van der Waals surface area contributed by atoms with E-state index in [-0.39, 0.29) is 6.42 Å². The fourth-order valence-corrected chi connectivity index (χ4v) is 1.81. The van der Waals surface area contributed by atoms with Gasteiger partial charge in [0.1, 0.15) is 6.04 Å². The molecule has 1 atom stereocenters. The minimum Gasteiger partial charge on any atom is -0.481 e. The number of aliphatic carboxylic acids is 2. The maximum Gasteiger partial charge on any atom is 0.320 e. The van der Waals surface area contributed by atoms with Crippen LogP contribution in [0.1, 0.15) is 12.8 Å². The molecule has 94 valence electrons. The zero-order chi connectivity index (χ0) is 12.4. The van der Waals surface area contributed by atoms with Gasteiger partial charge in [0, 0.05) is 18.8 Å². The molecular formula is C9H18N2O4S. The molecule has 0 aromatic heterocycles. The molecule has 0 spiro atoms. The first-order chi connectivity index (χ1) is 7.54. The Bertz CT molecular complexity index is 226. The number of carboxylic acid groups (broad SMARTS) is 2. The molecule has 0 aliphatic heterocycles. The van der Waals surface area contributed by atoms with Crippen LogP contribution in [-0.2, 0) is 9.59 Å². The Kier molecular flexibility index (Phi) is 8.97. The van der Waals surface area contributed by atoms with Crippen molar-refractivity contribution in [1.29, 1.82) is 0 Å². The van der Waals surface area contributed by atoms with Crippen LogP contribution >= 0.6 is 11.8 Å². The van der Waals surface area contributed by atoms with Crippen LogP contribution in [0.5, 0.6) is 0 Å². The second kappa shape index (κ2) is 9.44. The predicted octanol–water partition coefficient (Wildman–Crippen LogP) is -0.414. The molecule has 0 saturated carbocycles. The summed E-state index contributed by atoms with van der Waals surface area (Å²) < 4.78 is 0. The van der Waals surface area contributed by atoms with Gasteiger partial charge in [-0.25, -0.2) is 0 Å². The lowest BCUT2D eigenvalue weighted by Gasteiger charge is -2.06. The van der Waals surface area contributed by atoms with E-state index in [4.69, 9.17) is 15.9 Å². The predicted molar refractivity (Wildman–Crippen MR) is 62.7 cm³/mol. The highest BCUT2D eigenvalue weighted by molar-refractivity contribution is 7.99. The second-order valence-electron chi connectivity index (χ2n) is 3.24. The van der Waals surface area contributed by atoms with E-state index in [0.29, 0.717) is 18.7 Å². The van der Waals surface area contributed by atoms with Crippen molar-refractivity contribution in [2.24, 2.45) is 5.73 Å². The van der Waals surface area contributed by atoms with E-state index in [0.717, 1.165) is 12.3 Å². The van der Waals surface area contributed by atoms with E-state index in [1.165, 1.54) is 0 Å². The summed E-state index contributed by atoms with van der Waals surface area (Å²) in [4.78, 5) is 20.5. The van der Waals surface area contributed by atoms with Crippen molar-refractivity contribution in [2.75, 3.05) is 24.6 Å². The van der Waals surface area contributed by atoms with Crippen LogP contribution in [0.15, 0.2) is 0 Å². The maximum absolute atomic E-state index is 10.4. The normalized spacial score (nSPS) is 12.3. The molecule has 0 aromatic rings. The molecule has 16 heavy (non-hydrogen) atoms. The topological polar surface area (TPSA) is 113 Å². The Labute approximate surface area is 98.6 Å². The molecule has 7 heteroatoms. The van der Waals surface area contributed by atoms with Crippen molar-refractivity contribution in [1.82, 2.24) is 5.32 Å². The molecule has 0 radical (unpaired) electrons. The van der Waals surface area contributed by atoms with Crippen molar-refractivity contribution in [3.05, 3.63) is 0 Å². The summed E-state index contributed by atoms with van der Waals surface area (Å²) in [6.45, 7) is 1.19. The first-order valence-electron chi connectivity index (χ1n) is 5.02. The molecule has 0 fully saturated rings. The monoisotopic (exact) mass is 250 g/mol. The number of rotatable bonds is 10. The minimum absolute atomic E-state index is 0.120. The standard InChI is InChI=1S/C9H18N2O4S/c10-7(9(14)15)2-5-16-6-4-11-3-1-8(12)13/h7,11H,1-6,10H2,(H,12,13)(H,14,15). The van der Waals surface area contributed by atoms with Gasteiger partial charge >= 0.3 is 11.9 Å². The van der Waals surface area contributed by atoms with Crippen LogP contribution < -0.4 is 11.1 Å². The Hall–Kier alpha value is -0.790. The van der Waals surface area contributed by atoms with Crippen molar-refractivity contribution in [2.45, 2.75) is 18.9 Å². The molecule has 0 amide bonds. The molecule has 0 heterocycles. The van der Waals surface area contributed by atoms with Gasteiger partial charge in [0.2, 0.25) is 0 Å². The van der Waals surface area contributed by atoms with E-state index in [1.807, 2.05) is 0 Å². The summed E-state index contributed by atoms with van der Waals surface area (Å²) in [6, 6.07) is -0.785. The smallest absolute Gasteiger partial charge is 0.320 e. The zero-order valence-electron chi connectivity index (χ0n) is 9.02. The first kappa shape index (κ1) is 15.2. The van der Waals surface area contributed by atoms with Gasteiger partial charge in [-0.05, 0) is 12.2 Å². The Morgan fingerprint density at radius 2 is 1.94 bits per heavy atom. The van der Waals surface area contributed by atoms with E-state index in [2.05, 4.69) is 5.32 Å². The first-order valence-corrected chi connectivity index (χ1v) is 6.18. The number of nitrogens with one attached hydrogen (secondary N) is 1. The summed E-state index contributed by atoms with van der Waals surface area (Å²) in [6.07, 6.45) is 0.573. The molecule has 1 unspecified atom stereocenters. The summed E-state index contributed by atoms with van der Waals surface area (Å²) in [7, 11) is 0. The average molecular weight is 250 g/mol. The molecule has 0 rings (SSSR count). The highest BCUT2D eigenvalue weighted by Crippen LogP contribution is 2.03. The third-order valence-electron chi connectivity index (χ3n) is 1.83. The molecule has 6 nitrogen and oxygen atoms in total. The quantitative estimate of drug-likeness (QED) is 0.390. The minimum atomic E-state index is -0.972. The van der Waals surface area contributed by atoms with Gasteiger partial charge < -0.3 is 21.3 Å². The van der Waals surface area contributed by atoms with Gasteiger partial charge in [-0.15, -0.1) is 0 Å². The van der Waals surface area contributed by atoms with Gasteiger partial charge in [-0.2, -0.15) is 11.8 Å². The number of nitrogens with two attached hydrogens (primary N) is 1. The van der Waals surface area contributed by atoms with Crippen LogP contribution in [0.2, 0.25) is 0 Å². The molecule has 0 aromatic carbocycles. The molecular weight excluding hydrogens is 232 g/mol. The van der Waals surface area contributed by atoms with E-state index in [1.54, 1.807) is 11.8 Å². The number of thioether (sulfide) groups is 1. The zero-order valence-corrected chi connectivity index (χ0v) is 9.83. The van der Waals surface area contributed by atoms with Crippen LogP contribution in [-0.4, -0.2) is 52.8 Å². The highest BCUT2D eigenvalue weighted by atomic mass is 32.2. The number of hydrogen-bond acceptors (Lipinski definition) is 5. The molecule has 0 aliphatic rings. The SMILES string of the molecule is NC(CCSCCNCCC(=O)O)C(=O)O. The average Bonchev–Trinajstić information content (AvgIpc) is 2.21. The lowest BCUT2D eigenvalue weighted by atomic mass is 10.2. The third kappa shape index (κ3) is 9.75. The van der Waals surface area contributed by atoms with Gasteiger partial charge in [0.15, 0.2) is 0 Å². The van der Waals surface area contributed by atoms with E-state index in [9.17, 15) is 9.59 Å².